The van der Waals surface area contributed by atoms with Gasteiger partial charge in [-0.05, 0) is 69.6 Å². The van der Waals surface area contributed by atoms with Gasteiger partial charge in [0.15, 0.2) is 8.24 Å². The molecule has 1 unspecified atom stereocenters. The maximum absolute atomic E-state index is 13.0. The number of hydrogen-bond acceptors (Lipinski definition) is 1. The molecule has 2 rings (SSSR count). The second-order valence-electron chi connectivity index (χ2n) is 6.65. The minimum absolute atomic E-state index is 0.119. The van der Waals surface area contributed by atoms with Gasteiger partial charge in [0.25, 0.3) is 0 Å². The van der Waals surface area contributed by atoms with Crippen LogP contribution in [0.5, 0.6) is 0 Å². The molecule has 1 N–H and O–H groups in total. The fourth-order valence-corrected chi connectivity index (χ4v) is 6.67. The third-order valence-corrected chi connectivity index (χ3v) is 7.85. The molecule has 118 valence electrons. The Morgan fingerprint density at radius 1 is 1.09 bits per heavy atom. The van der Waals surface area contributed by atoms with Gasteiger partial charge in [-0.1, -0.05) is 23.3 Å². The zero-order valence-electron chi connectivity index (χ0n) is 14.2. The minimum Gasteiger partial charge on any atom is -0.374 e. The van der Waals surface area contributed by atoms with Crippen molar-refractivity contribution in [1.82, 2.24) is 4.98 Å². The molecule has 0 spiro atoms. The lowest BCUT2D eigenvalue weighted by Crippen LogP contribution is -2.51. The van der Waals surface area contributed by atoms with Crippen molar-refractivity contribution in [3.05, 3.63) is 57.6 Å². The Labute approximate surface area is 133 Å². The number of allylic oxidation sites excluding steroid dienone is 4. The average molecular weight is 317 g/mol. The van der Waals surface area contributed by atoms with E-state index in [-0.39, 0.29) is 11.7 Å². The molecule has 1 aromatic rings. The van der Waals surface area contributed by atoms with Gasteiger partial charge >= 0.3 is 0 Å². The zero-order chi connectivity index (χ0) is 16.7. The fourth-order valence-electron chi connectivity index (χ4n) is 3.40. The van der Waals surface area contributed by atoms with Crippen molar-refractivity contribution in [2.45, 2.75) is 40.8 Å². The van der Waals surface area contributed by atoms with Crippen molar-refractivity contribution in [3.8, 4) is 0 Å². The monoisotopic (exact) mass is 317 g/mol. The van der Waals surface area contributed by atoms with Gasteiger partial charge in [-0.3, -0.25) is 4.79 Å². The van der Waals surface area contributed by atoms with E-state index >= 15 is 0 Å². The lowest BCUT2D eigenvalue weighted by molar-refractivity contribution is 0.0978. The fraction of sp³-hybridized carbons (Fsp3) is 0.389. The van der Waals surface area contributed by atoms with Crippen molar-refractivity contribution < 1.29 is 9.18 Å². The molecule has 0 saturated heterocycles. The third kappa shape index (κ3) is 2.93. The molecule has 0 fully saturated rings. The highest BCUT2D eigenvalue weighted by Gasteiger charge is 2.37. The number of rotatable bonds is 3. The van der Waals surface area contributed by atoms with E-state index in [0.29, 0.717) is 11.5 Å². The highest BCUT2D eigenvalue weighted by molar-refractivity contribution is 6.84. The van der Waals surface area contributed by atoms with Gasteiger partial charge in [0.2, 0.25) is 5.91 Å². The van der Waals surface area contributed by atoms with E-state index in [2.05, 4.69) is 45.8 Å². The second kappa shape index (κ2) is 5.84. The van der Waals surface area contributed by atoms with E-state index in [0.717, 1.165) is 0 Å². The van der Waals surface area contributed by atoms with Crippen LogP contribution in [0.4, 0.5) is 4.39 Å². The largest absolute Gasteiger partial charge is 0.374 e. The number of halogens is 1. The van der Waals surface area contributed by atoms with Crippen molar-refractivity contribution >= 4 is 14.1 Å². The van der Waals surface area contributed by atoms with Gasteiger partial charge in [-0.15, -0.1) is 0 Å². The predicted octanol–water partition coefficient (Wildman–Crippen LogP) is 4.60. The van der Waals surface area contributed by atoms with Crippen molar-refractivity contribution in [2.24, 2.45) is 5.92 Å². The normalized spacial score (nSPS) is 19.0. The SMILES string of the molecule is CC1=C(C)C(C)C([Si](C)(C)NC(=O)c2ccc(F)cc2)=C1C. The second-order valence-corrected chi connectivity index (χ2v) is 10.7. The number of carbonyl (C=O) groups excluding carboxylic acids is 1. The van der Waals surface area contributed by atoms with Crippen LogP contribution in [0.15, 0.2) is 46.2 Å². The van der Waals surface area contributed by atoms with Crippen LogP contribution in [0.2, 0.25) is 13.1 Å². The maximum atomic E-state index is 13.0. The van der Waals surface area contributed by atoms with Gasteiger partial charge < -0.3 is 4.98 Å². The first-order chi connectivity index (χ1) is 10.1. The third-order valence-electron chi connectivity index (χ3n) is 4.85. The van der Waals surface area contributed by atoms with Crippen molar-refractivity contribution in [1.29, 1.82) is 0 Å². The summed E-state index contributed by atoms with van der Waals surface area (Å²) < 4.78 is 13.0. The van der Waals surface area contributed by atoms with E-state index in [1.807, 2.05) is 0 Å². The van der Waals surface area contributed by atoms with Gasteiger partial charge in [-0.25, -0.2) is 4.39 Å². The first-order valence-electron chi connectivity index (χ1n) is 7.62. The molecule has 0 heterocycles. The Bertz CT molecular complexity index is 671. The number of carbonyl (C=O) groups is 1. The number of benzene rings is 1. The molecular weight excluding hydrogens is 293 g/mol. The molecular formula is C18H24FNOSi. The van der Waals surface area contributed by atoms with Crippen LogP contribution < -0.4 is 4.98 Å². The molecule has 0 aromatic heterocycles. The summed E-state index contributed by atoms with van der Waals surface area (Å²) >= 11 is 0. The van der Waals surface area contributed by atoms with Crippen LogP contribution in [0.1, 0.15) is 38.1 Å². The molecule has 1 aliphatic carbocycles. The summed E-state index contributed by atoms with van der Waals surface area (Å²) in [5, 5.41) is 1.39. The Hall–Kier alpha value is -1.68. The van der Waals surface area contributed by atoms with Crippen LogP contribution >= 0.6 is 0 Å². The quantitative estimate of drug-likeness (QED) is 0.811. The number of hydrogen-bond donors (Lipinski definition) is 1. The van der Waals surface area contributed by atoms with E-state index in [4.69, 9.17) is 0 Å². The molecule has 0 saturated carbocycles. The van der Waals surface area contributed by atoms with Crippen LogP contribution in [0, 0.1) is 11.7 Å². The summed E-state index contributed by atoms with van der Waals surface area (Å²) in [4.78, 5) is 15.7. The van der Waals surface area contributed by atoms with E-state index in [1.165, 1.54) is 46.2 Å². The van der Waals surface area contributed by atoms with Crippen LogP contribution in [-0.2, 0) is 0 Å². The van der Waals surface area contributed by atoms with Gasteiger partial charge in [-0.2, -0.15) is 0 Å². The molecule has 0 radical (unpaired) electrons. The topological polar surface area (TPSA) is 29.1 Å². The van der Waals surface area contributed by atoms with Crippen LogP contribution in [-0.4, -0.2) is 14.1 Å². The molecule has 1 atom stereocenters. The van der Waals surface area contributed by atoms with Crippen LogP contribution in [0.25, 0.3) is 0 Å². The zero-order valence-corrected chi connectivity index (χ0v) is 15.2. The van der Waals surface area contributed by atoms with Gasteiger partial charge in [0.05, 0.1) is 0 Å². The standard InChI is InChI=1S/C18H24FNOSi/c1-11-12(2)14(4)17(13(11)3)22(5,6)20-18(21)15-7-9-16(19)10-8-15/h7-10,13H,1-6H3,(H,20,21). The summed E-state index contributed by atoms with van der Waals surface area (Å²) in [6.45, 7) is 13.0. The summed E-state index contributed by atoms with van der Waals surface area (Å²) in [6.07, 6.45) is 0. The van der Waals surface area contributed by atoms with Crippen molar-refractivity contribution in [3.63, 3.8) is 0 Å². The molecule has 0 bridgehead atoms. The molecule has 2 nitrogen and oxygen atoms in total. The molecule has 22 heavy (non-hydrogen) atoms. The maximum Gasteiger partial charge on any atom is 0.243 e. The minimum atomic E-state index is -2.09. The lowest BCUT2D eigenvalue weighted by atomic mass is 10.1. The summed E-state index contributed by atoms with van der Waals surface area (Å²) in [6, 6.07) is 5.70. The first-order valence-corrected chi connectivity index (χ1v) is 10.6. The average Bonchev–Trinajstić information content (AvgIpc) is 2.63. The smallest absolute Gasteiger partial charge is 0.243 e. The van der Waals surface area contributed by atoms with E-state index < -0.39 is 8.24 Å². The van der Waals surface area contributed by atoms with Crippen molar-refractivity contribution in [2.75, 3.05) is 0 Å². The van der Waals surface area contributed by atoms with E-state index in [9.17, 15) is 9.18 Å². The Kier molecular flexibility index (Phi) is 4.43. The Morgan fingerprint density at radius 2 is 1.64 bits per heavy atom. The summed E-state index contributed by atoms with van der Waals surface area (Å²) in [5.74, 6) is -0.0620. The van der Waals surface area contributed by atoms with Gasteiger partial charge in [0, 0.05) is 5.56 Å². The highest BCUT2D eigenvalue weighted by Crippen LogP contribution is 2.40. The highest BCUT2D eigenvalue weighted by atomic mass is 28.3. The first kappa shape index (κ1) is 16.7. The molecule has 1 amide bonds. The summed E-state index contributed by atoms with van der Waals surface area (Å²) in [5.41, 5.74) is 4.57. The predicted molar refractivity (Wildman–Crippen MR) is 91.6 cm³/mol. The molecule has 0 aliphatic heterocycles. The Morgan fingerprint density at radius 3 is 2.09 bits per heavy atom. The van der Waals surface area contributed by atoms with E-state index in [1.54, 1.807) is 0 Å². The summed E-state index contributed by atoms with van der Waals surface area (Å²) in [7, 11) is -2.09. The lowest BCUT2D eigenvalue weighted by Gasteiger charge is -2.30. The Balaban J connectivity index is 2.25. The molecule has 1 aromatic carbocycles. The number of nitrogens with one attached hydrogen (secondary N) is 1. The van der Waals surface area contributed by atoms with Crippen LogP contribution in [0.3, 0.4) is 0 Å². The molecule has 1 aliphatic rings. The van der Waals surface area contributed by atoms with Gasteiger partial charge in [0.1, 0.15) is 5.82 Å². The number of amides is 1. The molecule has 4 heteroatoms.